The van der Waals surface area contributed by atoms with Crippen LogP contribution in [0.3, 0.4) is 0 Å². The number of aliphatic hydroxyl groups is 1. The van der Waals surface area contributed by atoms with E-state index in [0.717, 1.165) is 0 Å². The van der Waals surface area contributed by atoms with Crippen LogP contribution >= 0.6 is 0 Å². The number of rotatable bonds is 2. The van der Waals surface area contributed by atoms with E-state index in [4.69, 9.17) is 5.11 Å². The third-order valence-electron chi connectivity index (χ3n) is 1.96. The molecule has 0 aliphatic heterocycles. The van der Waals surface area contributed by atoms with E-state index < -0.39 is 12.1 Å². The summed E-state index contributed by atoms with van der Waals surface area (Å²) in [5.74, 6) is -0.915. The maximum Gasteiger partial charge on any atom is 0.303 e. The Balaban J connectivity index is 2.44. The topological polar surface area (TPSA) is 57.5 Å². The van der Waals surface area contributed by atoms with Gasteiger partial charge < -0.3 is 10.2 Å². The lowest BCUT2D eigenvalue weighted by atomic mass is 9.89. The lowest BCUT2D eigenvalue weighted by molar-refractivity contribution is -0.139. The maximum absolute atomic E-state index is 10.3. The predicted molar refractivity (Wildman–Crippen MR) is 40.1 cm³/mol. The first-order valence-electron chi connectivity index (χ1n) is 3.75. The molecule has 0 bridgehead atoms. The highest BCUT2D eigenvalue weighted by Crippen LogP contribution is 2.21. The normalized spacial score (nSPS) is 30.3. The number of allylic oxidation sites excluding steroid dienone is 1. The van der Waals surface area contributed by atoms with Crippen molar-refractivity contribution < 1.29 is 15.0 Å². The smallest absolute Gasteiger partial charge is 0.303 e. The Morgan fingerprint density at radius 3 is 2.64 bits per heavy atom. The molecular weight excluding hydrogens is 144 g/mol. The first kappa shape index (κ1) is 8.27. The molecule has 62 valence electrons. The number of hydrogen-bond donors (Lipinski definition) is 2. The summed E-state index contributed by atoms with van der Waals surface area (Å²) in [5, 5.41) is 17.8. The van der Waals surface area contributed by atoms with Gasteiger partial charge in [-0.25, -0.2) is 0 Å². The summed E-state index contributed by atoms with van der Waals surface area (Å²) >= 11 is 0. The van der Waals surface area contributed by atoms with Crippen LogP contribution < -0.4 is 0 Å². The number of hydrogen-bond acceptors (Lipinski definition) is 2. The molecule has 0 amide bonds. The lowest BCUT2D eigenvalue weighted by Gasteiger charge is -2.21. The molecule has 0 aromatic rings. The fraction of sp³-hybridized carbons (Fsp3) is 0.625. The van der Waals surface area contributed by atoms with Crippen LogP contribution in [0.25, 0.3) is 0 Å². The van der Waals surface area contributed by atoms with E-state index in [1.54, 1.807) is 0 Å². The van der Waals surface area contributed by atoms with Gasteiger partial charge >= 0.3 is 5.97 Å². The molecule has 0 saturated carbocycles. The Hall–Kier alpha value is -0.830. The van der Waals surface area contributed by atoms with E-state index in [-0.39, 0.29) is 12.3 Å². The zero-order valence-electron chi connectivity index (χ0n) is 6.23. The van der Waals surface area contributed by atoms with Gasteiger partial charge in [-0.15, -0.1) is 0 Å². The van der Waals surface area contributed by atoms with Gasteiger partial charge in [0.2, 0.25) is 0 Å². The van der Waals surface area contributed by atoms with E-state index in [1.165, 1.54) is 0 Å². The summed E-state index contributed by atoms with van der Waals surface area (Å²) in [5.41, 5.74) is 0. The molecule has 0 aromatic carbocycles. The number of aliphatic hydroxyl groups excluding tert-OH is 1. The Kier molecular flexibility index (Phi) is 2.65. The van der Waals surface area contributed by atoms with Gasteiger partial charge in [-0.05, 0) is 18.8 Å². The molecule has 2 atom stereocenters. The minimum Gasteiger partial charge on any atom is -0.481 e. The third-order valence-corrected chi connectivity index (χ3v) is 1.96. The van der Waals surface area contributed by atoms with E-state index in [9.17, 15) is 9.90 Å². The molecule has 1 aliphatic carbocycles. The summed E-state index contributed by atoms with van der Waals surface area (Å²) in [6, 6.07) is 0. The van der Waals surface area contributed by atoms with Crippen molar-refractivity contribution in [3.8, 4) is 0 Å². The number of carboxylic acids is 1. The quantitative estimate of drug-likeness (QED) is 0.581. The van der Waals surface area contributed by atoms with Crippen molar-refractivity contribution in [3.05, 3.63) is 12.2 Å². The fourth-order valence-electron chi connectivity index (χ4n) is 1.30. The van der Waals surface area contributed by atoms with Crippen LogP contribution in [0, 0.1) is 5.92 Å². The average molecular weight is 156 g/mol. The monoisotopic (exact) mass is 156 g/mol. The van der Waals surface area contributed by atoms with Crippen LogP contribution in [0.15, 0.2) is 12.2 Å². The highest BCUT2D eigenvalue weighted by Gasteiger charge is 2.22. The second kappa shape index (κ2) is 3.53. The molecule has 0 spiro atoms. The summed E-state index contributed by atoms with van der Waals surface area (Å²) in [4.78, 5) is 10.3. The Morgan fingerprint density at radius 2 is 2.09 bits per heavy atom. The molecule has 3 heteroatoms. The Labute approximate surface area is 65.3 Å². The summed E-state index contributed by atoms with van der Waals surface area (Å²) in [6.45, 7) is 0. The van der Waals surface area contributed by atoms with Crippen molar-refractivity contribution >= 4 is 5.97 Å². The average Bonchev–Trinajstić information content (AvgIpc) is 1.93. The highest BCUT2D eigenvalue weighted by atomic mass is 16.4. The maximum atomic E-state index is 10.3. The van der Waals surface area contributed by atoms with Gasteiger partial charge in [0.1, 0.15) is 0 Å². The second-order valence-corrected chi connectivity index (χ2v) is 2.87. The molecule has 1 rings (SSSR count). The van der Waals surface area contributed by atoms with Crippen LogP contribution in [0.5, 0.6) is 0 Å². The van der Waals surface area contributed by atoms with Gasteiger partial charge in [0.15, 0.2) is 0 Å². The summed E-state index contributed by atoms with van der Waals surface area (Å²) in [7, 11) is 0. The van der Waals surface area contributed by atoms with Crippen LogP contribution in [0.1, 0.15) is 19.3 Å². The highest BCUT2D eigenvalue weighted by molar-refractivity contribution is 5.67. The molecule has 0 heterocycles. The van der Waals surface area contributed by atoms with Crippen LogP contribution in [-0.2, 0) is 4.79 Å². The van der Waals surface area contributed by atoms with Crippen molar-refractivity contribution in [1.29, 1.82) is 0 Å². The van der Waals surface area contributed by atoms with Crippen LogP contribution in [-0.4, -0.2) is 22.3 Å². The minimum absolute atomic E-state index is 0.0749. The Morgan fingerprint density at radius 1 is 1.45 bits per heavy atom. The molecule has 11 heavy (non-hydrogen) atoms. The molecule has 0 saturated heterocycles. The van der Waals surface area contributed by atoms with Crippen molar-refractivity contribution in [2.75, 3.05) is 0 Å². The molecule has 2 N–H and O–H groups in total. The van der Waals surface area contributed by atoms with E-state index in [2.05, 4.69) is 0 Å². The first-order chi connectivity index (χ1) is 5.20. The molecule has 1 aliphatic rings. The van der Waals surface area contributed by atoms with Crippen LogP contribution in [0.2, 0.25) is 0 Å². The van der Waals surface area contributed by atoms with Gasteiger partial charge in [0.05, 0.1) is 12.5 Å². The van der Waals surface area contributed by atoms with Crippen molar-refractivity contribution in [1.82, 2.24) is 0 Å². The molecular formula is C8H12O3. The fourth-order valence-corrected chi connectivity index (χ4v) is 1.30. The zero-order chi connectivity index (χ0) is 8.27. The van der Waals surface area contributed by atoms with Crippen LogP contribution in [0.4, 0.5) is 0 Å². The van der Waals surface area contributed by atoms with Gasteiger partial charge in [0.25, 0.3) is 0 Å². The molecule has 0 radical (unpaired) electrons. The number of aliphatic carboxylic acids is 1. The van der Waals surface area contributed by atoms with E-state index >= 15 is 0 Å². The van der Waals surface area contributed by atoms with Gasteiger partial charge in [-0.1, -0.05) is 12.2 Å². The largest absolute Gasteiger partial charge is 0.481 e. The first-order valence-corrected chi connectivity index (χ1v) is 3.75. The van der Waals surface area contributed by atoms with E-state index in [0.29, 0.717) is 12.8 Å². The standard InChI is InChI=1S/C8H12O3/c9-7-4-2-1-3-6(7)5-8(10)11/h1-2,6-7,9H,3-5H2,(H,10,11). The third kappa shape index (κ3) is 2.35. The second-order valence-electron chi connectivity index (χ2n) is 2.87. The lowest BCUT2D eigenvalue weighted by Crippen LogP contribution is -2.24. The SMILES string of the molecule is O=C(O)CC1CC=CCC1O. The minimum atomic E-state index is -0.829. The van der Waals surface area contributed by atoms with Crippen molar-refractivity contribution in [2.45, 2.75) is 25.4 Å². The molecule has 3 nitrogen and oxygen atoms in total. The van der Waals surface area contributed by atoms with Gasteiger partial charge in [0, 0.05) is 0 Å². The summed E-state index contributed by atoms with van der Waals surface area (Å²) in [6.07, 6.45) is 4.72. The van der Waals surface area contributed by atoms with Crippen molar-refractivity contribution in [3.63, 3.8) is 0 Å². The van der Waals surface area contributed by atoms with Gasteiger partial charge in [-0.2, -0.15) is 0 Å². The summed E-state index contributed by atoms with van der Waals surface area (Å²) < 4.78 is 0. The van der Waals surface area contributed by atoms with Gasteiger partial charge in [-0.3, -0.25) is 4.79 Å². The predicted octanol–water partition coefficient (Wildman–Crippen LogP) is 0.788. The molecule has 2 unspecified atom stereocenters. The molecule has 0 fully saturated rings. The molecule has 0 aromatic heterocycles. The zero-order valence-corrected chi connectivity index (χ0v) is 6.23. The van der Waals surface area contributed by atoms with Crippen molar-refractivity contribution in [2.24, 2.45) is 5.92 Å². The Bertz CT molecular complexity index is 174. The van der Waals surface area contributed by atoms with E-state index in [1.807, 2.05) is 12.2 Å². The number of carboxylic acid groups (broad SMARTS) is 1. The number of carbonyl (C=O) groups is 1.